The molecule has 2 heterocycles. The van der Waals surface area contributed by atoms with Crippen LogP contribution in [0.15, 0.2) is 59.6 Å². The third kappa shape index (κ3) is 1.96. The Labute approximate surface area is 122 Å². The Morgan fingerprint density at radius 2 is 1.57 bits per heavy atom. The molecule has 0 fully saturated rings. The van der Waals surface area contributed by atoms with Crippen molar-refractivity contribution in [3.05, 3.63) is 71.4 Å². The van der Waals surface area contributed by atoms with E-state index < -0.39 is 0 Å². The molecule has 4 rings (SSSR count). The number of hydrogen-bond acceptors (Lipinski definition) is 3. The molecule has 1 aliphatic heterocycles. The second-order valence-electron chi connectivity index (χ2n) is 5.06. The molecule has 0 radical (unpaired) electrons. The summed E-state index contributed by atoms with van der Waals surface area (Å²) < 4.78 is 0. The molecule has 1 aliphatic rings. The minimum Gasteiger partial charge on any atom is -0.278 e. The van der Waals surface area contributed by atoms with Crippen molar-refractivity contribution in [2.75, 3.05) is 0 Å². The largest absolute Gasteiger partial charge is 0.278 e. The van der Waals surface area contributed by atoms with Gasteiger partial charge in [-0.15, -0.1) is 0 Å². The minimum atomic E-state index is 0.558. The molecular weight excluding hydrogens is 260 g/mol. The standard InChI is InChI=1S/C17H14N4/c1-21-19-15-11-18-16(12-7-3-2-4-8-12)13-9-5-6-10-14(13)17(15)20-21/h2-10H,11H2,1H3. The summed E-state index contributed by atoms with van der Waals surface area (Å²) in [6.07, 6.45) is 0. The number of benzene rings is 2. The predicted molar refractivity (Wildman–Crippen MR) is 82.2 cm³/mol. The van der Waals surface area contributed by atoms with Crippen LogP contribution in [0.4, 0.5) is 0 Å². The lowest BCUT2D eigenvalue weighted by atomic mass is 9.96. The molecule has 0 N–H and O–H groups in total. The summed E-state index contributed by atoms with van der Waals surface area (Å²) in [5.74, 6) is 0. The SMILES string of the molecule is Cn1nc2c(n1)-c1ccccc1C(c1ccccc1)=NC2. The first-order valence-electron chi connectivity index (χ1n) is 6.93. The Morgan fingerprint density at radius 3 is 2.38 bits per heavy atom. The molecule has 0 aliphatic carbocycles. The van der Waals surface area contributed by atoms with E-state index in [0.29, 0.717) is 6.54 Å². The van der Waals surface area contributed by atoms with Crippen molar-refractivity contribution in [3.8, 4) is 11.3 Å². The Balaban J connectivity index is 1.97. The number of hydrogen-bond donors (Lipinski definition) is 0. The molecule has 0 unspecified atom stereocenters. The van der Waals surface area contributed by atoms with Crippen LogP contribution in [0.1, 0.15) is 16.8 Å². The molecule has 0 amide bonds. The average Bonchev–Trinajstić information content (AvgIpc) is 2.83. The number of aryl methyl sites for hydroxylation is 1. The highest BCUT2D eigenvalue weighted by molar-refractivity contribution is 6.16. The molecule has 4 heteroatoms. The highest BCUT2D eigenvalue weighted by atomic mass is 15.5. The Bertz CT molecular complexity index is 831. The Hall–Kier alpha value is -2.75. The van der Waals surface area contributed by atoms with Crippen LogP contribution in [0.3, 0.4) is 0 Å². The summed E-state index contributed by atoms with van der Waals surface area (Å²) in [6.45, 7) is 0.558. The van der Waals surface area contributed by atoms with Gasteiger partial charge >= 0.3 is 0 Å². The lowest BCUT2D eigenvalue weighted by molar-refractivity contribution is 0.646. The van der Waals surface area contributed by atoms with Crippen LogP contribution >= 0.6 is 0 Å². The Kier molecular flexibility index (Phi) is 2.67. The minimum absolute atomic E-state index is 0.558. The molecule has 0 saturated heterocycles. The molecule has 21 heavy (non-hydrogen) atoms. The third-order valence-corrected chi connectivity index (χ3v) is 3.65. The zero-order valence-corrected chi connectivity index (χ0v) is 11.7. The highest BCUT2D eigenvalue weighted by Crippen LogP contribution is 2.30. The molecular formula is C17H14N4. The van der Waals surface area contributed by atoms with Crippen molar-refractivity contribution in [2.24, 2.45) is 12.0 Å². The number of rotatable bonds is 1. The molecule has 3 aromatic rings. The average molecular weight is 274 g/mol. The fourth-order valence-corrected chi connectivity index (χ4v) is 2.74. The summed E-state index contributed by atoms with van der Waals surface area (Å²) in [7, 11) is 1.85. The van der Waals surface area contributed by atoms with Crippen molar-refractivity contribution in [2.45, 2.75) is 6.54 Å². The molecule has 0 saturated carbocycles. The van der Waals surface area contributed by atoms with Gasteiger partial charge in [0.05, 0.1) is 12.3 Å². The maximum absolute atomic E-state index is 4.79. The lowest BCUT2D eigenvalue weighted by Gasteiger charge is -2.09. The number of fused-ring (bicyclic) bond motifs is 3. The second kappa shape index (κ2) is 4.66. The van der Waals surface area contributed by atoms with Crippen molar-refractivity contribution in [3.63, 3.8) is 0 Å². The lowest BCUT2D eigenvalue weighted by Crippen LogP contribution is -2.05. The van der Waals surface area contributed by atoms with Gasteiger partial charge in [0.2, 0.25) is 0 Å². The summed E-state index contributed by atoms with van der Waals surface area (Å²) in [6, 6.07) is 18.5. The molecule has 1 aromatic heterocycles. The number of nitrogens with zero attached hydrogens (tertiary/aromatic N) is 4. The fourth-order valence-electron chi connectivity index (χ4n) is 2.74. The first kappa shape index (κ1) is 12.0. The van der Waals surface area contributed by atoms with Crippen LogP contribution in [-0.2, 0) is 13.6 Å². The molecule has 102 valence electrons. The normalized spacial score (nSPS) is 13.1. The van der Waals surface area contributed by atoms with Crippen LogP contribution in [0.25, 0.3) is 11.3 Å². The van der Waals surface area contributed by atoms with Crippen LogP contribution in [-0.4, -0.2) is 20.7 Å². The summed E-state index contributed by atoms with van der Waals surface area (Å²) in [4.78, 5) is 6.41. The van der Waals surface area contributed by atoms with Gasteiger partial charge in [-0.05, 0) is 0 Å². The van der Waals surface area contributed by atoms with Gasteiger partial charge in [-0.3, -0.25) is 4.99 Å². The van der Waals surface area contributed by atoms with Gasteiger partial charge in [-0.2, -0.15) is 15.0 Å². The van der Waals surface area contributed by atoms with E-state index >= 15 is 0 Å². The van der Waals surface area contributed by atoms with Gasteiger partial charge in [0.1, 0.15) is 11.4 Å². The smallest absolute Gasteiger partial charge is 0.118 e. The number of aromatic nitrogens is 3. The maximum atomic E-state index is 4.79. The van der Waals surface area contributed by atoms with Crippen LogP contribution in [0.5, 0.6) is 0 Å². The topological polar surface area (TPSA) is 43.1 Å². The highest BCUT2D eigenvalue weighted by Gasteiger charge is 2.21. The Morgan fingerprint density at radius 1 is 0.857 bits per heavy atom. The van der Waals surface area contributed by atoms with Gasteiger partial charge < -0.3 is 0 Å². The van der Waals surface area contributed by atoms with E-state index in [1.807, 2.05) is 37.4 Å². The second-order valence-corrected chi connectivity index (χ2v) is 5.06. The first-order chi connectivity index (χ1) is 10.3. The van der Waals surface area contributed by atoms with E-state index in [1.165, 1.54) is 0 Å². The summed E-state index contributed by atoms with van der Waals surface area (Å²) in [5.41, 5.74) is 6.20. The van der Waals surface area contributed by atoms with Crippen LogP contribution in [0.2, 0.25) is 0 Å². The summed E-state index contributed by atoms with van der Waals surface area (Å²) >= 11 is 0. The van der Waals surface area contributed by atoms with E-state index in [9.17, 15) is 0 Å². The number of aliphatic imine (C=N–C) groups is 1. The van der Waals surface area contributed by atoms with Crippen molar-refractivity contribution < 1.29 is 0 Å². The van der Waals surface area contributed by atoms with E-state index in [2.05, 4.69) is 34.5 Å². The van der Waals surface area contributed by atoms with E-state index in [-0.39, 0.29) is 0 Å². The molecule has 4 nitrogen and oxygen atoms in total. The van der Waals surface area contributed by atoms with Gasteiger partial charge in [0, 0.05) is 23.7 Å². The quantitative estimate of drug-likeness (QED) is 0.685. The van der Waals surface area contributed by atoms with Crippen molar-refractivity contribution in [1.82, 2.24) is 15.0 Å². The monoisotopic (exact) mass is 274 g/mol. The van der Waals surface area contributed by atoms with Crippen LogP contribution in [0, 0.1) is 0 Å². The van der Waals surface area contributed by atoms with Gasteiger partial charge in [0.15, 0.2) is 0 Å². The van der Waals surface area contributed by atoms with E-state index in [1.54, 1.807) is 4.80 Å². The van der Waals surface area contributed by atoms with Crippen molar-refractivity contribution in [1.29, 1.82) is 0 Å². The summed E-state index contributed by atoms with van der Waals surface area (Å²) in [5, 5.41) is 8.95. The van der Waals surface area contributed by atoms with Gasteiger partial charge in [-0.1, -0.05) is 54.6 Å². The zero-order chi connectivity index (χ0) is 14.2. The maximum Gasteiger partial charge on any atom is 0.118 e. The molecule has 0 spiro atoms. The zero-order valence-electron chi connectivity index (χ0n) is 11.7. The van der Waals surface area contributed by atoms with Gasteiger partial charge in [-0.25, -0.2) is 0 Å². The fraction of sp³-hybridized carbons (Fsp3) is 0.118. The van der Waals surface area contributed by atoms with E-state index in [4.69, 9.17) is 4.99 Å². The van der Waals surface area contributed by atoms with Gasteiger partial charge in [0.25, 0.3) is 0 Å². The first-order valence-corrected chi connectivity index (χ1v) is 6.93. The molecule has 0 bridgehead atoms. The van der Waals surface area contributed by atoms with E-state index in [0.717, 1.165) is 33.8 Å². The van der Waals surface area contributed by atoms with Crippen LogP contribution < -0.4 is 0 Å². The predicted octanol–water partition coefficient (Wildman–Crippen LogP) is 2.83. The molecule has 2 aromatic carbocycles. The van der Waals surface area contributed by atoms with Crippen molar-refractivity contribution >= 4 is 5.71 Å². The molecule has 0 atom stereocenters. The third-order valence-electron chi connectivity index (χ3n) is 3.65.